The first-order chi connectivity index (χ1) is 12.9. The van der Waals surface area contributed by atoms with Crippen molar-refractivity contribution < 1.29 is 27.4 Å². The summed E-state index contributed by atoms with van der Waals surface area (Å²) in [4.78, 5) is 20.6. The molecule has 1 aromatic heterocycles. The molecular weight excluding hydrogens is 363 g/mol. The van der Waals surface area contributed by atoms with E-state index >= 15 is 0 Å². The van der Waals surface area contributed by atoms with Gasteiger partial charge in [0.2, 0.25) is 5.88 Å². The number of aromatic nitrogens is 1. The summed E-state index contributed by atoms with van der Waals surface area (Å²) in [5.41, 5.74) is 0.0642. The number of rotatable bonds is 5. The van der Waals surface area contributed by atoms with Gasteiger partial charge in [0.15, 0.2) is 6.61 Å². The zero-order valence-electron chi connectivity index (χ0n) is 15.1. The summed E-state index contributed by atoms with van der Waals surface area (Å²) in [6.07, 6.45) is 0.0436. The maximum Gasteiger partial charge on any atom is 0.422 e. The lowest BCUT2D eigenvalue weighted by Crippen LogP contribution is -2.37. The van der Waals surface area contributed by atoms with Crippen LogP contribution in [0.5, 0.6) is 5.88 Å². The van der Waals surface area contributed by atoms with Gasteiger partial charge in [-0.3, -0.25) is 9.69 Å². The molecule has 0 bridgehead atoms. The second-order valence-corrected chi connectivity index (χ2v) is 6.84. The normalized spacial score (nSPS) is 21.9. The molecule has 0 saturated carbocycles. The number of alkyl halides is 3. The SMILES string of the molecule is O=C(c1cccnc1OCC(F)(F)F)N1CCCN(CC2CCCO2)CC1. The predicted octanol–water partition coefficient (Wildman–Crippen LogP) is 2.35. The van der Waals surface area contributed by atoms with Crippen molar-refractivity contribution in [3.63, 3.8) is 0 Å². The van der Waals surface area contributed by atoms with Crippen LogP contribution in [0.1, 0.15) is 29.6 Å². The van der Waals surface area contributed by atoms with E-state index < -0.39 is 12.8 Å². The maximum absolute atomic E-state index is 12.8. The fourth-order valence-corrected chi connectivity index (χ4v) is 3.42. The topological polar surface area (TPSA) is 54.9 Å². The van der Waals surface area contributed by atoms with Gasteiger partial charge in [-0.2, -0.15) is 13.2 Å². The number of carbonyl (C=O) groups is 1. The lowest BCUT2D eigenvalue weighted by molar-refractivity contribution is -0.154. The van der Waals surface area contributed by atoms with E-state index in [1.165, 1.54) is 18.3 Å². The summed E-state index contributed by atoms with van der Waals surface area (Å²) in [5.74, 6) is -0.625. The first-order valence-electron chi connectivity index (χ1n) is 9.20. The summed E-state index contributed by atoms with van der Waals surface area (Å²) < 4.78 is 47.7. The van der Waals surface area contributed by atoms with Gasteiger partial charge in [0.05, 0.1) is 6.10 Å². The van der Waals surface area contributed by atoms with Crippen LogP contribution in [0.3, 0.4) is 0 Å². The Morgan fingerprint density at radius 1 is 1.26 bits per heavy atom. The third kappa shape index (κ3) is 5.80. The first kappa shape index (κ1) is 19.9. The third-order valence-corrected chi connectivity index (χ3v) is 4.74. The molecule has 3 heterocycles. The minimum atomic E-state index is -4.48. The lowest BCUT2D eigenvalue weighted by Gasteiger charge is -2.24. The number of hydrogen-bond acceptors (Lipinski definition) is 5. The zero-order chi connectivity index (χ0) is 19.3. The van der Waals surface area contributed by atoms with E-state index in [0.29, 0.717) is 19.6 Å². The third-order valence-electron chi connectivity index (χ3n) is 4.74. The Labute approximate surface area is 156 Å². The number of ether oxygens (including phenoxy) is 2. The Morgan fingerprint density at radius 3 is 2.85 bits per heavy atom. The van der Waals surface area contributed by atoms with Crippen LogP contribution >= 0.6 is 0 Å². The molecule has 6 nitrogen and oxygen atoms in total. The van der Waals surface area contributed by atoms with Crippen LogP contribution in [0.4, 0.5) is 13.2 Å². The molecule has 0 spiro atoms. The Kier molecular flexibility index (Phi) is 6.54. The largest absolute Gasteiger partial charge is 0.467 e. The molecule has 1 aromatic rings. The van der Waals surface area contributed by atoms with E-state index in [1.54, 1.807) is 4.90 Å². The van der Waals surface area contributed by atoms with Crippen LogP contribution in [-0.2, 0) is 4.74 Å². The molecule has 0 N–H and O–H groups in total. The number of pyridine rings is 1. The lowest BCUT2D eigenvalue weighted by atomic mass is 10.2. The molecule has 2 fully saturated rings. The number of amides is 1. The second-order valence-electron chi connectivity index (χ2n) is 6.84. The van der Waals surface area contributed by atoms with Crippen LogP contribution in [0.15, 0.2) is 18.3 Å². The van der Waals surface area contributed by atoms with Crippen molar-refractivity contribution in [1.29, 1.82) is 0 Å². The van der Waals surface area contributed by atoms with Crippen LogP contribution in [0.2, 0.25) is 0 Å². The average Bonchev–Trinajstić information content (AvgIpc) is 3.03. The molecule has 1 unspecified atom stereocenters. The molecule has 0 radical (unpaired) electrons. The van der Waals surface area contributed by atoms with Crippen LogP contribution in [0.25, 0.3) is 0 Å². The maximum atomic E-state index is 12.8. The Morgan fingerprint density at radius 2 is 2.11 bits per heavy atom. The fourth-order valence-electron chi connectivity index (χ4n) is 3.42. The Bertz CT molecular complexity index is 636. The first-order valence-corrected chi connectivity index (χ1v) is 9.20. The van der Waals surface area contributed by atoms with Gasteiger partial charge >= 0.3 is 6.18 Å². The minimum absolute atomic E-state index is 0.0642. The van der Waals surface area contributed by atoms with Gasteiger partial charge in [-0.25, -0.2) is 4.98 Å². The van der Waals surface area contributed by atoms with Crippen molar-refractivity contribution in [2.24, 2.45) is 0 Å². The van der Waals surface area contributed by atoms with Crippen molar-refractivity contribution >= 4 is 5.91 Å². The van der Waals surface area contributed by atoms with Crippen molar-refractivity contribution in [1.82, 2.24) is 14.8 Å². The molecular formula is C18H24F3N3O3. The highest BCUT2D eigenvalue weighted by Gasteiger charge is 2.30. The molecule has 0 aliphatic carbocycles. The Balaban J connectivity index is 1.60. The van der Waals surface area contributed by atoms with E-state index in [1.807, 2.05) is 0 Å². The van der Waals surface area contributed by atoms with Gasteiger partial charge in [0.1, 0.15) is 5.56 Å². The highest BCUT2D eigenvalue weighted by molar-refractivity contribution is 5.96. The molecule has 1 atom stereocenters. The van der Waals surface area contributed by atoms with Crippen molar-refractivity contribution in [2.75, 3.05) is 45.9 Å². The zero-order valence-corrected chi connectivity index (χ0v) is 15.1. The van der Waals surface area contributed by atoms with E-state index in [-0.39, 0.29) is 23.5 Å². The van der Waals surface area contributed by atoms with Gasteiger partial charge in [-0.15, -0.1) is 0 Å². The fraction of sp³-hybridized carbons (Fsp3) is 0.667. The molecule has 2 saturated heterocycles. The van der Waals surface area contributed by atoms with Gasteiger partial charge in [0, 0.05) is 39.0 Å². The molecule has 9 heteroatoms. The van der Waals surface area contributed by atoms with Crippen molar-refractivity contribution in [3.05, 3.63) is 23.9 Å². The van der Waals surface area contributed by atoms with E-state index in [0.717, 1.165) is 39.0 Å². The smallest absolute Gasteiger partial charge is 0.422 e. The molecule has 2 aliphatic heterocycles. The van der Waals surface area contributed by atoms with Crippen LogP contribution in [0, 0.1) is 0 Å². The molecule has 3 rings (SSSR count). The van der Waals surface area contributed by atoms with E-state index in [4.69, 9.17) is 9.47 Å². The monoisotopic (exact) mass is 387 g/mol. The summed E-state index contributed by atoms with van der Waals surface area (Å²) in [5, 5.41) is 0. The molecule has 27 heavy (non-hydrogen) atoms. The summed E-state index contributed by atoms with van der Waals surface area (Å²) in [6.45, 7) is 2.84. The number of hydrogen-bond donors (Lipinski definition) is 0. The van der Waals surface area contributed by atoms with E-state index in [9.17, 15) is 18.0 Å². The highest BCUT2D eigenvalue weighted by atomic mass is 19.4. The van der Waals surface area contributed by atoms with Gasteiger partial charge in [-0.1, -0.05) is 0 Å². The Hall–Kier alpha value is -1.87. The highest BCUT2D eigenvalue weighted by Crippen LogP contribution is 2.22. The van der Waals surface area contributed by atoms with Crippen LogP contribution < -0.4 is 4.74 Å². The summed E-state index contributed by atoms with van der Waals surface area (Å²) in [7, 11) is 0. The number of carbonyl (C=O) groups excluding carboxylic acids is 1. The molecule has 0 aromatic carbocycles. The van der Waals surface area contributed by atoms with E-state index in [2.05, 4.69) is 9.88 Å². The molecule has 150 valence electrons. The molecule has 2 aliphatic rings. The van der Waals surface area contributed by atoms with Crippen molar-refractivity contribution in [3.8, 4) is 5.88 Å². The molecule has 1 amide bonds. The van der Waals surface area contributed by atoms with Gasteiger partial charge < -0.3 is 14.4 Å². The van der Waals surface area contributed by atoms with Crippen molar-refractivity contribution in [2.45, 2.75) is 31.5 Å². The quantitative estimate of drug-likeness (QED) is 0.776. The average molecular weight is 387 g/mol. The van der Waals surface area contributed by atoms with Crippen LogP contribution in [-0.4, -0.2) is 78.9 Å². The number of halogens is 3. The summed E-state index contributed by atoms with van der Waals surface area (Å²) in [6, 6.07) is 2.98. The van der Waals surface area contributed by atoms with Gasteiger partial charge in [0.25, 0.3) is 5.91 Å². The standard InChI is InChI=1S/C18H24F3N3O3/c19-18(20,21)13-27-16-15(5-1-6-22-16)17(25)24-8-3-7-23(9-10-24)12-14-4-2-11-26-14/h1,5-6,14H,2-4,7-13H2. The second kappa shape index (κ2) is 8.88. The number of nitrogens with zero attached hydrogens (tertiary/aromatic N) is 3. The minimum Gasteiger partial charge on any atom is -0.467 e. The van der Waals surface area contributed by atoms with Gasteiger partial charge in [-0.05, 0) is 37.9 Å². The predicted molar refractivity (Wildman–Crippen MR) is 91.7 cm³/mol. The summed E-state index contributed by atoms with van der Waals surface area (Å²) >= 11 is 0.